The number of hydrogen-bond acceptors (Lipinski definition) is 5. The minimum atomic E-state index is -0.497. The van der Waals surface area contributed by atoms with E-state index < -0.39 is 5.25 Å². The van der Waals surface area contributed by atoms with Gasteiger partial charge >= 0.3 is 0 Å². The molecule has 3 aromatic carbocycles. The molecule has 0 aromatic heterocycles. The van der Waals surface area contributed by atoms with Gasteiger partial charge in [-0.25, -0.2) is 0 Å². The molecule has 3 rings (SSSR count). The highest BCUT2D eigenvalue weighted by Gasteiger charge is 2.23. The number of thioether (sulfide) groups is 1. The van der Waals surface area contributed by atoms with Gasteiger partial charge in [0.05, 0.1) is 19.9 Å². The van der Waals surface area contributed by atoms with Gasteiger partial charge in [-0.05, 0) is 42.0 Å². The van der Waals surface area contributed by atoms with Crippen LogP contribution >= 0.6 is 11.8 Å². The maximum absolute atomic E-state index is 13.3. The Kier molecular flexibility index (Phi) is 7.56. The van der Waals surface area contributed by atoms with Gasteiger partial charge in [-0.3, -0.25) is 9.59 Å². The molecule has 3 aromatic rings. The van der Waals surface area contributed by atoms with E-state index in [0.29, 0.717) is 22.9 Å². The molecule has 160 valence electrons. The fourth-order valence-corrected chi connectivity index (χ4v) is 3.99. The van der Waals surface area contributed by atoms with Gasteiger partial charge in [0.1, 0.15) is 16.7 Å². The highest BCUT2D eigenvalue weighted by molar-refractivity contribution is 8.00. The number of nitrogens with one attached hydrogen (secondary N) is 2. The van der Waals surface area contributed by atoms with Crippen molar-refractivity contribution in [3.8, 4) is 11.5 Å². The van der Waals surface area contributed by atoms with Crippen LogP contribution in [0, 0.1) is 0 Å². The van der Waals surface area contributed by atoms with Gasteiger partial charge in [0.2, 0.25) is 11.8 Å². The third-order valence-electron chi connectivity index (χ3n) is 4.43. The molecule has 0 aliphatic rings. The molecule has 0 bridgehead atoms. The summed E-state index contributed by atoms with van der Waals surface area (Å²) in [6, 6.07) is 22.2. The number of methoxy groups -OCH3 is 2. The van der Waals surface area contributed by atoms with Gasteiger partial charge < -0.3 is 20.1 Å². The largest absolute Gasteiger partial charge is 0.497 e. The van der Waals surface area contributed by atoms with E-state index in [4.69, 9.17) is 9.47 Å². The predicted octanol–water partition coefficient (Wildman–Crippen LogP) is 5.13. The molecule has 0 saturated carbocycles. The normalized spacial score (nSPS) is 11.3. The van der Waals surface area contributed by atoms with Crippen molar-refractivity contribution in [3.63, 3.8) is 0 Å². The Labute approximate surface area is 186 Å². The monoisotopic (exact) mass is 436 g/mol. The first kappa shape index (κ1) is 22.2. The van der Waals surface area contributed by atoms with Crippen molar-refractivity contribution in [2.24, 2.45) is 0 Å². The van der Waals surface area contributed by atoms with Gasteiger partial charge in [-0.1, -0.05) is 30.3 Å². The molecule has 0 aliphatic heterocycles. The maximum Gasteiger partial charge on any atom is 0.242 e. The lowest BCUT2D eigenvalue weighted by molar-refractivity contribution is -0.116. The molecule has 0 aliphatic carbocycles. The van der Waals surface area contributed by atoms with Crippen molar-refractivity contribution in [3.05, 3.63) is 78.4 Å². The minimum Gasteiger partial charge on any atom is -0.497 e. The molecule has 0 radical (unpaired) electrons. The molecule has 2 amide bonds. The first-order valence-electron chi connectivity index (χ1n) is 9.62. The van der Waals surface area contributed by atoms with Crippen LogP contribution in [0.25, 0.3) is 0 Å². The van der Waals surface area contributed by atoms with Crippen molar-refractivity contribution in [1.82, 2.24) is 0 Å². The molecule has 0 fully saturated rings. The molecule has 1 unspecified atom stereocenters. The number of benzene rings is 3. The van der Waals surface area contributed by atoms with Crippen LogP contribution in [0.5, 0.6) is 11.5 Å². The Morgan fingerprint density at radius 2 is 1.58 bits per heavy atom. The van der Waals surface area contributed by atoms with E-state index >= 15 is 0 Å². The molecular formula is C24H24N2O4S. The van der Waals surface area contributed by atoms with Gasteiger partial charge in [0, 0.05) is 23.6 Å². The number of rotatable bonds is 8. The lowest BCUT2D eigenvalue weighted by Gasteiger charge is -2.19. The zero-order valence-corrected chi connectivity index (χ0v) is 18.4. The average Bonchev–Trinajstić information content (AvgIpc) is 2.78. The van der Waals surface area contributed by atoms with Crippen molar-refractivity contribution in [1.29, 1.82) is 0 Å². The van der Waals surface area contributed by atoms with Crippen molar-refractivity contribution in [2.45, 2.75) is 17.1 Å². The summed E-state index contributed by atoms with van der Waals surface area (Å²) in [5.41, 5.74) is 2.12. The molecule has 31 heavy (non-hydrogen) atoms. The second-order valence-corrected chi connectivity index (χ2v) is 7.85. The summed E-state index contributed by atoms with van der Waals surface area (Å²) >= 11 is 1.42. The first-order valence-corrected chi connectivity index (χ1v) is 10.5. The minimum absolute atomic E-state index is 0.130. The van der Waals surface area contributed by atoms with Crippen molar-refractivity contribution < 1.29 is 19.1 Å². The summed E-state index contributed by atoms with van der Waals surface area (Å²) in [7, 11) is 3.12. The maximum atomic E-state index is 13.3. The molecule has 0 heterocycles. The highest BCUT2D eigenvalue weighted by atomic mass is 32.2. The zero-order chi connectivity index (χ0) is 22.2. The standard InChI is InChI=1S/C24H24N2O4S/c1-16(27)25-18-9-12-20(13-10-18)31-23(17-7-5-4-6-8-17)24(28)26-21-15-19(29-2)11-14-22(21)30-3/h4-15,23H,1-3H3,(H,25,27)(H,26,28). The number of anilines is 2. The van der Waals surface area contributed by atoms with Gasteiger partial charge in [-0.2, -0.15) is 0 Å². The topological polar surface area (TPSA) is 76.7 Å². The van der Waals surface area contributed by atoms with Crippen LogP contribution in [0.3, 0.4) is 0 Å². The summed E-state index contributed by atoms with van der Waals surface area (Å²) in [6.45, 7) is 1.46. The van der Waals surface area contributed by atoms with E-state index in [1.165, 1.54) is 18.7 Å². The van der Waals surface area contributed by atoms with E-state index in [-0.39, 0.29) is 11.8 Å². The lowest BCUT2D eigenvalue weighted by atomic mass is 10.1. The van der Waals surface area contributed by atoms with Crippen LogP contribution in [0.15, 0.2) is 77.7 Å². The molecule has 0 saturated heterocycles. The van der Waals surface area contributed by atoms with E-state index in [1.54, 1.807) is 32.4 Å². The summed E-state index contributed by atoms with van der Waals surface area (Å²) in [4.78, 5) is 25.4. The van der Waals surface area contributed by atoms with Crippen molar-refractivity contribution >= 4 is 35.0 Å². The van der Waals surface area contributed by atoms with Crippen LogP contribution in [0.1, 0.15) is 17.7 Å². The Bertz CT molecular complexity index is 1040. The van der Waals surface area contributed by atoms with Crippen LogP contribution in [0.4, 0.5) is 11.4 Å². The fraction of sp³-hybridized carbons (Fsp3) is 0.167. The number of ether oxygens (including phenoxy) is 2. The number of carbonyl (C=O) groups excluding carboxylic acids is 2. The van der Waals surface area contributed by atoms with E-state index in [9.17, 15) is 9.59 Å². The van der Waals surface area contributed by atoms with Crippen LogP contribution in [-0.4, -0.2) is 26.0 Å². The van der Waals surface area contributed by atoms with Gasteiger partial charge in [-0.15, -0.1) is 11.8 Å². The van der Waals surface area contributed by atoms with Gasteiger partial charge in [0.25, 0.3) is 0 Å². The Morgan fingerprint density at radius 3 is 2.19 bits per heavy atom. The SMILES string of the molecule is COc1ccc(OC)c(NC(=O)C(Sc2ccc(NC(C)=O)cc2)c2ccccc2)c1. The molecule has 0 spiro atoms. The first-order chi connectivity index (χ1) is 15.0. The smallest absolute Gasteiger partial charge is 0.242 e. The second-order valence-electron chi connectivity index (χ2n) is 6.67. The van der Waals surface area contributed by atoms with Gasteiger partial charge in [0.15, 0.2) is 0 Å². The van der Waals surface area contributed by atoms with Crippen LogP contribution < -0.4 is 20.1 Å². The van der Waals surface area contributed by atoms with Crippen LogP contribution in [-0.2, 0) is 9.59 Å². The van der Waals surface area contributed by atoms with E-state index in [0.717, 1.165) is 10.5 Å². The number of amides is 2. The summed E-state index contributed by atoms with van der Waals surface area (Å²) in [5.74, 6) is 0.849. The molecule has 2 N–H and O–H groups in total. The average molecular weight is 437 g/mol. The number of hydrogen-bond donors (Lipinski definition) is 2. The van der Waals surface area contributed by atoms with E-state index in [1.807, 2.05) is 54.6 Å². The predicted molar refractivity (Wildman–Crippen MR) is 124 cm³/mol. The molecule has 7 heteroatoms. The second kappa shape index (κ2) is 10.5. The quantitative estimate of drug-likeness (QED) is 0.479. The lowest BCUT2D eigenvalue weighted by Crippen LogP contribution is -2.19. The van der Waals surface area contributed by atoms with Crippen molar-refractivity contribution in [2.75, 3.05) is 24.9 Å². The fourth-order valence-electron chi connectivity index (χ4n) is 2.97. The Balaban J connectivity index is 1.86. The zero-order valence-electron chi connectivity index (χ0n) is 17.5. The third kappa shape index (κ3) is 6.02. The molecular weight excluding hydrogens is 412 g/mol. The summed E-state index contributed by atoms with van der Waals surface area (Å²) in [6.07, 6.45) is 0. The summed E-state index contributed by atoms with van der Waals surface area (Å²) < 4.78 is 10.7. The summed E-state index contributed by atoms with van der Waals surface area (Å²) in [5, 5.41) is 5.22. The Hall–Kier alpha value is -3.45. The third-order valence-corrected chi connectivity index (χ3v) is 5.70. The highest BCUT2D eigenvalue weighted by Crippen LogP contribution is 2.38. The van der Waals surface area contributed by atoms with Crippen LogP contribution in [0.2, 0.25) is 0 Å². The van der Waals surface area contributed by atoms with E-state index in [2.05, 4.69) is 10.6 Å². The number of carbonyl (C=O) groups is 2. The molecule has 1 atom stereocenters. The molecule has 6 nitrogen and oxygen atoms in total. The Morgan fingerprint density at radius 1 is 0.871 bits per heavy atom.